The van der Waals surface area contributed by atoms with E-state index in [0.29, 0.717) is 6.67 Å². The summed E-state index contributed by atoms with van der Waals surface area (Å²) in [5.74, 6) is 0. The second-order valence-electron chi connectivity index (χ2n) is 1.48. The molecule has 0 saturated heterocycles. The van der Waals surface area contributed by atoms with Crippen molar-refractivity contribution in [2.75, 3.05) is 6.67 Å². The molecule has 0 atom stereocenters. The molecule has 8 heavy (non-hydrogen) atoms. The van der Waals surface area contributed by atoms with Crippen molar-refractivity contribution in [3.05, 3.63) is 12.2 Å². The zero-order valence-electron chi connectivity index (χ0n) is 5.39. The SMILES string of the molecule is C/C=C/C(C)=N\CN. The van der Waals surface area contributed by atoms with E-state index in [2.05, 4.69) is 4.99 Å². The molecule has 0 bridgehead atoms. The summed E-state index contributed by atoms with van der Waals surface area (Å²) in [6.45, 7) is 4.26. The number of nitrogens with zero attached hydrogens (tertiary/aromatic N) is 1. The third-order valence-electron chi connectivity index (χ3n) is 0.749. The molecule has 0 aliphatic carbocycles. The van der Waals surface area contributed by atoms with E-state index in [1.54, 1.807) is 0 Å². The molecule has 0 amide bonds. The predicted octanol–water partition coefficient (Wildman–Crippen LogP) is 0.940. The van der Waals surface area contributed by atoms with Crippen LogP contribution in [0.25, 0.3) is 0 Å². The monoisotopic (exact) mass is 112 g/mol. The fourth-order valence-corrected chi connectivity index (χ4v) is 0.438. The summed E-state index contributed by atoms with van der Waals surface area (Å²) in [5.41, 5.74) is 6.12. The van der Waals surface area contributed by atoms with Gasteiger partial charge in [0.1, 0.15) is 0 Å². The molecule has 0 saturated carbocycles. The van der Waals surface area contributed by atoms with Crippen LogP contribution >= 0.6 is 0 Å². The Kier molecular flexibility index (Phi) is 4.17. The maximum Gasteiger partial charge on any atom is 0.0862 e. The summed E-state index contributed by atoms with van der Waals surface area (Å²) in [4.78, 5) is 3.92. The third kappa shape index (κ3) is 3.56. The van der Waals surface area contributed by atoms with E-state index in [4.69, 9.17) is 5.73 Å². The van der Waals surface area contributed by atoms with Crippen LogP contribution in [-0.2, 0) is 0 Å². The molecule has 0 spiro atoms. The largest absolute Gasteiger partial charge is 0.312 e. The molecule has 0 radical (unpaired) electrons. The molecule has 0 aromatic rings. The molecule has 2 nitrogen and oxygen atoms in total. The van der Waals surface area contributed by atoms with Crippen molar-refractivity contribution in [2.45, 2.75) is 13.8 Å². The van der Waals surface area contributed by atoms with Crippen LogP contribution in [0.5, 0.6) is 0 Å². The van der Waals surface area contributed by atoms with E-state index < -0.39 is 0 Å². The van der Waals surface area contributed by atoms with Crippen LogP contribution in [0, 0.1) is 0 Å². The van der Waals surface area contributed by atoms with Crippen molar-refractivity contribution in [1.82, 2.24) is 0 Å². The first-order valence-corrected chi connectivity index (χ1v) is 2.65. The van der Waals surface area contributed by atoms with E-state index in [1.165, 1.54) is 0 Å². The Hall–Kier alpha value is -0.630. The van der Waals surface area contributed by atoms with Gasteiger partial charge in [-0.3, -0.25) is 4.99 Å². The smallest absolute Gasteiger partial charge is 0.0862 e. The van der Waals surface area contributed by atoms with Gasteiger partial charge in [0.2, 0.25) is 0 Å². The van der Waals surface area contributed by atoms with Crippen molar-refractivity contribution in [3.63, 3.8) is 0 Å². The first-order valence-electron chi connectivity index (χ1n) is 2.65. The summed E-state index contributed by atoms with van der Waals surface area (Å²) in [7, 11) is 0. The molecular weight excluding hydrogens is 100 g/mol. The van der Waals surface area contributed by atoms with Gasteiger partial charge in [0.25, 0.3) is 0 Å². The Bertz CT molecular complexity index is 103. The third-order valence-corrected chi connectivity index (χ3v) is 0.749. The van der Waals surface area contributed by atoms with E-state index in [9.17, 15) is 0 Å². The summed E-state index contributed by atoms with van der Waals surface area (Å²) in [6.07, 6.45) is 3.86. The molecule has 46 valence electrons. The number of rotatable bonds is 2. The lowest BCUT2D eigenvalue weighted by Gasteiger charge is -1.85. The molecule has 0 aromatic heterocycles. The lowest BCUT2D eigenvalue weighted by atomic mass is 10.4. The summed E-state index contributed by atoms with van der Waals surface area (Å²) >= 11 is 0. The van der Waals surface area contributed by atoms with Gasteiger partial charge < -0.3 is 5.73 Å². The predicted molar refractivity (Wildman–Crippen MR) is 37.0 cm³/mol. The van der Waals surface area contributed by atoms with E-state index in [-0.39, 0.29) is 0 Å². The highest BCUT2D eigenvalue weighted by molar-refractivity contribution is 5.92. The Morgan fingerprint density at radius 2 is 2.38 bits per heavy atom. The molecule has 0 aromatic carbocycles. The topological polar surface area (TPSA) is 38.4 Å². The van der Waals surface area contributed by atoms with Crippen molar-refractivity contribution in [3.8, 4) is 0 Å². The molecule has 0 unspecified atom stereocenters. The number of aliphatic imine (C=N–C) groups is 1. The minimum atomic E-state index is 0.385. The number of allylic oxidation sites excluding steroid dienone is 2. The second kappa shape index (κ2) is 4.53. The number of hydrogen-bond donors (Lipinski definition) is 1. The first-order chi connectivity index (χ1) is 3.81. The average molecular weight is 112 g/mol. The Labute approximate surface area is 50.1 Å². The first kappa shape index (κ1) is 7.37. The molecule has 0 fully saturated rings. The Morgan fingerprint density at radius 3 is 2.75 bits per heavy atom. The van der Waals surface area contributed by atoms with Crippen LogP contribution < -0.4 is 5.73 Å². The lowest BCUT2D eigenvalue weighted by Crippen LogP contribution is -1.97. The molecular formula is C6H12N2. The van der Waals surface area contributed by atoms with Gasteiger partial charge in [0.05, 0.1) is 6.67 Å². The lowest BCUT2D eigenvalue weighted by molar-refractivity contribution is 1.07. The van der Waals surface area contributed by atoms with Crippen LogP contribution in [0.4, 0.5) is 0 Å². The highest BCUT2D eigenvalue weighted by Gasteiger charge is 1.75. The second-order valence-corrected chi connectivity index (χ2v) is 1.48. The summed E-state index contributed by atoms with van der Waals surface area (Å²) in [6, 6.07) is 0. The molecule has 0 aliphatic rings. The molecule has 2 heteroatoms. The standard InChI is InChI=1S/C6H12N2/c1-3-4-6(2)8-5-7/h3-4H,5,7H2,1-2H3/b4-3+,8-6-. The van der Waals surface area contributed by atoms with Crippen LogP contribution in [-0.4, -0.2) is 12.4 Å². The maximum atomic E-state index is 5.14. The van der Waals surface area contributed by atoms with Crippen molar-refractivity contribution in [1.29, 1.82) is 0 Å². The van der Waals surface area contributed by atoms with Gasteiger partial charge in [-0.15, -0.1) is 0 Å². The molecule has 0 aliphatic heterocycles. The summed E-state index contributed by atoms with van der Waals surface area (Å²) < 4.78 is 0. The quantitative estimate of drug-likeness (QED) is 0.530. The normalized spacial score (nSPS) is 13.1. The zero-order valence-corrected chi connectivity index (χ0v) is 5.39. The number of nitrogens with two attached hydrogens (primary N) is 1. The number of hydrogen-bond acceptors (Lipinski definition) is 2. The van der Waals surface area contributed by atoms with Crippen LogP contribution in [0.3, 0.4) is 0 Å². The molecule has 0 rings (SSSR count). The highest BCUT2D eigenvalue weighted by Crippen LogP contribution is 1.77. The van der Waals surface area contributed by atoms with E-state index in [1.807, 2.05) is 26.0 Å². The molecule has 0 heterocycles. The van der Waals surface area contributed by atoms with Crippen molar-refractivity contribution >= 4 is 5.71 Å². The Balaban J connectivity index is 3.61. The van der Waals surface area contributed by atoms with Gasteiger partial charge in [0, 0.05) is 5.71 Å². The van der Waals surface area contributed by atoms with E-state index >= 15 is 0 Å². The fourth-order valence-electron chi connectivity index (χ4n) is 0.438. The summed E-state index contributed by atoms with van der Waals surface area (Å²) in [5, 5.41) is 0. The Morgan fingerprint density at radius 1 is 1.75 bits per heavy atom. The highest BCUT2D eigenvalue weighted by atomic mass is 14.9. The average Bonchev–Trinajstić information content (AvgIpc) is 1.68. The fraction of sp³-hybridized carbons (Fsp3) is 0.500. The van der Waals surface area contributed by atoms with Gasteiger partial charge in [-0.05, 0) is 19.9 Å². The van der Waals surface area contributed by atoms with Gasteiger partial charge in [-0.2, -0.15) is 0 Å². The minimum absolute atomic E-state index is 0.385. The van der Waals surface area contributed by atoms with Gasteiger partial charge in [0.15, 0.2) is 0 Å². The van der Waals surface area contributed by atoms with Crippen molar-refractivity contribution in [2.24, 2.45) is 10.7 Å². The minimum Gasteiger partial charge on any atom is -0.312 e. The van der Waals surface area contributed by atoms with Crippen molar-refractivity contribution < 1.29 is 0 Å². The van der Waals surface area contributed by atoms with Crippen LogP contribution in [0.1, 0.15) is 13.8 Å². The van der Waals surface area contributed by atoms with Crippen LogP contribution in [0.15, 0.2) is 17.1 Å². The van der Waals surface area contributed by atoms with Gasteiger partial charge >= 0.3 is 0 Å². The van der Waals surface area contributed by atoms with Gasteiger partial charge in [-0.1, -0.05) is 6.08 Å². The zero-order chi connectivity index (χ0) is 6.41. The van der Waals surface area contributed by atoms with Gasteiger partial charge in [-0.25, -0.2) is 0 Å². The molecule has 2 N–H and O–H groups in total. The maximum absolute atomic E-state index is 5.14. The van der Waals surface area contributed by atoms with E-state index in [0.717, 1.165) is 5.71 Å². The van der Waals surface area contributed by atoms with Crippen LogP contribution in [0.2, 0.25) is 0 Å².